The quantitative estimate of drug-likeness (QED) is 0.0909. The van der Waals surface area contributed by atoms with Gasteiger partial charge in [-0.1, -0.05) is 67.2 Å². The Hall–Kier alpha value is -2.40. The Morgan fingerprint density at radius 3 is 1.83 bits per heavy atom. The van der Waals surface area contributed by atoms with Crippen LogP contribution < -0.4 is 0 Å². The molecule has 15 nitrogen and oxygen atoms in total. The van der Waals surface area contributed by atoms with Gasteiger partial charge in [-0.15, -0.1) is 0 Å². The summed E-state index contributed by atoms with van der Waals surface area (Å²) < 4.78 is 39.9. The maximum atomic E-state index is 12.9. The van der Waals surface area contributed by atoms with Gasteiger partial charge in [0.05, 0.1) is 25.0 Å². The maximum Gasteiger partial charge on any atom is 0.308 e. The summed E-state index contributed by atoms with van der Waals surface area (Å²) in [6.45, 7) is 8.94. The zero-order valence-corrected chi connectivity index (χ0v) is 28.5. The van der Waals surface area contributed by atoms with Crippen LogP contribution in [0.15, 0.2) is 0 Å². The first-order valence-corrected chi connectivity index (χ1v) is 16.4. The van der Waals surface area contributed by atoms with E-state index in [4.69, 9.17) is 33.2 Å². The molecule has 2 fully saturated rings. The summed E-state index contributed by atoms with van der Waals surface area (Å²) in [5.41, 5.74) is 0. The monoisotopic (exact) mass is 678 g/mol. The van der Waals surface area contributed by atoms with Gasteiger partial charge in [0.15, 0.2) is 24.4 Å². The fourth-order valence-electron chi connectivity index (χ4n) is 5.24. The van der Waals surface area contributed by atoms with Gasteiger partial charge in [-0.2, -0.15) is 0 Å². The summed E-state index contributed by atoms with van der Waals surface area (Å²) in [6.07, 6.45) is -8.40. The molecule has 2 aliphatic heterocycles. The van der Waals surface area contributed by atoms with Crippen LogP contribution in [0.5, 0.6) is 0 Å². The van der Waals surface area contributed by atoms with Gasteiger partial charge in [0.2, 0.25) is 12.1 Å². The van der Waals surface area contributed by atoms with E-state index in [1.54, 1.807) is 27.7 Å². The Kier molecular flexibility index (Phi) is 16.4. The van der Waals surface area contributed by atoms with Crippen molar-refractivity contribution < 1.29 is 72.8 Å². The molecule has 0 radical (unpaired) electrons. The predicted molar refractivity (Wildman–Crippen MR) is 162 cm³/mol. The zero-order chi connectivity index (χ0) is 35.5. The van der Waals surface area contributed by atoms with Gasteiger partial charge in [0, 0.05) is 13.3 Å². The molecule has 0 aromatic rings. The predicted octanol–water partition coefficient (Wildman–Crippen LogP) is 1.14. The molecule has 0 spiro atoms. The minimum atomic E-state index is -2.38. The highest BCUT2D eigenvalue weighted by molar-refractivity contribution is 5.73. The van der Waals surface area contributed by atoms with E-state index in [1.807, 2.05) is 0 Å². The van der Waals surface area contributed by atoms with Crippen molar-refractivity contribution in [3.63, 3.8) is 0 Å². The van der Waals surface area contributed by atoms with E-state index in [2.05, 4.69) is 13.8 Å². The van der Waals surface area contributed by atoms with E-state index >= 15 is 0 Å². The lowest BCUT2D eigenvalue weighted by Gasteiger charge is -2.46. The third-order valence-corrected chi connectivity index (χ3v) is 7.88. The van der Waals surface area contributed by atoms with Gasteiger partial charge in [-0.25, -0.2) is 0 Å². The normalized spacial score (nSPS) is 30.9. The van der Waals surface area contributed by atoms with Crippen molar-refractivity contribution in [1.29, 1.82) is 0 Å². The van der Waals surface area contributed by atoms with E-state index in [1.165, 1.54) is 0 Å². The van der Waals surface area contributed by atoms with Crippen LogP contribution in [0.3, 0.4) is 0 Å². The van der Waals surface area contributed by atoms with Gasteiger partial charge in [0.25, 0.3) is 0 Å². The number of unbranched alkanes of at least 4 members (excludes halogenated alkanes) is 3. The highest BCUT2D eigenvalue weighted by atomic mass is 16.8. The third-order valence-electron chi connectivity index (χ3n) is 7.88. The number of aliphatic hydroxyl groups is 4. The average molecular weight is 679 g/mol. The van der Waals surface area contributed by atoms with Crippen molar-refractivity contribution >= 4 is 23.9 Å². The van der Waals surface area contributed by atoms with Crippen molar-refractivity contribution in [3.05, 3.63) is 0 Å². The second-order valence-electron chi connectivity index (χ2n) is 13.1. The van der Waals surface area contributed by atoms with Gasteiger partial charge >= 0.3 is 23.9 Å². The first kappa shape index (κ1) is 40.8. The van der Waals surface area contributed by atoms with E-state index in [9.17, 15) is 39.6 Å². The molecule has 0 aromatic carbocycles. The first-order valence-electron chi connectivity index (χ1n) is 16.4. The maximum absolute atomic E-state index is 12.9. The smallest absolute Gasteiger partial charge is 0.308 e. The molecule has 0 saturated carbocycles. The molecule has 2 aliphatic rings. The van der Waals surface area contributed by atoms with Gasteiger partial charge in [-0.05, 0) is 12.3 Å². The number of esters is 4. The molecule has 0 aliphatic carbocycles. The van der Waals surface area contributed by atoms with E-state index in [0.717, 1.165) is 32.6 Å². The number of aliphatic hydroxyl groups excluding tert-OH is 4. The Morgan fingerprint density at radius 2 is 1.32 bits per heavy atom. The van der Waals surface area contributed by atoms with Gasteiger partial charge in [0.1, 0.15) is 24.9 Å². The van der Waals surface area contributed by atoms with E-state index in [-0.39, 0.29) is 6.42 Å². The van der Waals surface area contributed by atoms with Crippen LogP contribution in [0.1, 0.15) is 87.0 Å². The fraction of sp³-hybridized carbons (Fsp3) is 0.875. The second kappa shape index (κ2) is 19.0. The van der Waals surface area contributed by atoms with Crippen LogP contribution >= 0.6 is 0 Å². The number of hydrogen-bond acceptors (Lipinski definition) is 15. The lowest BCUT2D eigenvalue weighted by atomic mass is 9.97. The summed E-state index contributed by atoms with van der Waals surface area (Å²) in [5.74, 6) is -6.21. The summed E-state index contributed by atoms with van der Waals surface area (Å²) in [7, 11) is 0. The summed E-state index contributed by atoms with van der Waals surface area (Å²) >= 11 is 0. The molecule has 272 valence electrons. The van der Waals surface area contributed by atoms with Gasteiger partial charge in [-0.3, -0.25) is 19.2 Å². The number of hydrogen-bond donors (Lipinski definition) is 4. The highest BCUT2D eigenvalue weighted by Gasteiger charge is 2.62. The molecule has 0 unspecified atom stereocenters. The summed E-state index contributed by atoms with van der Waals surface area (Å²) in [6, 6.07) is 0. The first-order chi connectivity index (χ1) is 22.1. The zero-order valence-electron chi connectivity index (χ0n) is 28.5. The molecule has 9 atom stereocenters. The molecule has 0 aromatic heterocycles. The van der Waals surface area contributed by atoms with E-state index in [0.29, 0.717) is 12.3 Å². The molecule has 0 bridgehead atoms. The van der Waals surface area contributed by atoms with Crippen LogP contribution in [0, 0.1) is 17.8 Å². The largest absolute Gasteiger partial charge is 0.455 e. The number of carbonyl (C=O) groups excluding carboxylic acids is 4. The minimum absolute atomic E-state index is 0.00505. The van der Waals surface area contributed by atoms with Crippen LogP contribution in [-0.2, 0) is 52.3 Å². The van der Waals surface area contributed by atoms with Crippen molar-refractivity contribution in [3.8, 4) is 0 Å². The number of rotatable bonds is 18. The van der Waals surface area contributed by atoms with Crippen LogP contribution in [0.25, 0.3) is 0 Å². The Morgan fingerprint density at radius 1 is 0.745 bits per heavy atom. The fourth-order valence-corrected chi connectivity index (χ4v) is 5.24. The van der Waals surface area contributed by atoms with Crippen LogP contribution in [0.2, 0.25) is 0 Å². The number of ether oxygens (including phenoxy) is 7. The van der Waals surface area contributed by atoms with E-state index < -0.39 is 110 Å². The molecule has 2 heterocycles. The van der Waals surface area contributed by atoms with Gasteiger partial charge < -0.3 is 53.6 Å². The molecule has 2 rings (SSSR count). The highest BCUT2D eigenvalue weighted by Crippen LogP contribution is 2.39. The molecular weight excluding hydrogens is 624 g/mol. The molecule has 0 amide bonds. The molecular formula is C32H54O15. The van der Waals surface area contributed by atoms with Crippen molar-refractivity contribution in [2.75, 3.05) is 19.8 Å². The molecule has 4 N–H and O–H groups in total. The van der Waals surface area contributed by atoms with Crippen LogP contribution in [-0.4, -0.2) is 119 Å². The topological polar surface area (TPSA) is 214 Å². The molecule has 2 saturated heterocycles. The standard InChI is InChI=1S/C32H54O15/c1-17(2)12-10-8-9-11-13-23(37)43-28-24(38)21(14-33)46-32(28,16-35)47-31-27(41-20(7)36)26(45-30(40)19(5)6)25(22(15-34)42-31)44-29(39)18(3)4/h17-19,21-22,24-28,31,33-35,38H,8-16H2,1-7H3/t21-,22-,24-,25-,26+,27-,28+,31-,32+/m1/s1. The van der Waals surface area contributed by atoms with Crippen molar-refractivity contribution in [2.24, 2.45) is 17.8 Å². The molecule has 47 heavy (non-hydrogen) atoms. The summed E-state index contributed by atoms with van der Waals surface area (Å²) in [4.78, 5) is 50.6. The minimum Gasteiger partial charge on any atom is -0.455 e. The second-order valence-corrected chi connectivity index (χ2v) is 13.1. The summed E-state index contributed by atoms with van der Waals surface area (Å²) in [5, 5.41) is 41.7. The Labute approximate surface area is 276 Å². The SMILES string of the molecule is CC(=O)O[C@H]1[C@@H](O[C@]2(CO)O[C@H](CO)[C@@H](O)[C@@H]2OC(=O)CCCCCCC(C)C)O[C@H](CO)[C@@H](OC(=O)C(C)C)[C@@H]1OC(=O)C(C)C. The van der Waals surface area contributed by atoms with Crippen LogP contribution in [0.4, 0.5) is 0 Å². The number of carbonyl (C=O) groups is 4. The van der Waals surface area contributed by atoms with Crippen molar-refractivity contribution in [2.45, 2.75) is 142 Å². The Balaban J connectivity index is 2.42. The average Bonchev–Trinajstić information content (AvgIpc) is 3.26. The lowest BCUT2D eigenvalue weighted by molar-refractivity contribution is -0.384. The third kappa shape index (κ3) is 11.3. The molecule has 15 heteroatoms. The van der Waals surface area contributed by atoms with Crippen molar-refractivity contribution in [1.82, 2.24) is 0 Å². The lowest BCUT2D eigenvalue weighted by Crippen LogP contribution is -2.65. The Bertz CT molecular complexity index is 1020.